The number of ether oxygens (including phenoxy) is 1. The molecule has 1 aromatic carbocycles. The summed E-state index contributed by atoms with van der Waals surface area (Å²) in [4.78, 5) is 21.8. The second kappa shape index (κ2) is 10.2. The van der Waals surface area contributed by atoms with Gasteiger partial charge in [0.2, 0.25) is 5.95 Å². The van der Waals surface area contributed by atoms with Gasteiger partial charge in [-0.05, 0) is 42.4 Å². The first kappa shape index (κ1) is 21.8. The van der Waals surface area contributed by atoms with Crippen LogP contribution in [0.1, 0.15) is 73.3 Å². The lowest BCUT2D eigenvalue weighted by Crippen LogP contribution is -2.19. The molecule has 0 unspecified atom stereocenters. The Kier molecular flexibility index (Phi) is 7.93. The molecule has 0 aliphatic carbocycles. The first-order chi connectivity index (χ1) is 13.3. The zero-order valence-corrected chi connectivity index (χ0v) is 17.8. The van der Waals surface area contributed by atoms with Crippen LogP contribution in [0.2, 0.25) is 0 Å². The number of nitrogens with zero attached hydrogens (tertiary/aromatic N) is 2. The maximum absolute atomic E-state index is 13.0. The first-order valence-corrected chi connectivity index (χ1v) is 9.86. The van der Waals surface area contributed by atoms with E-state index in [9.17, 15) is 4.79 Å². The number of nitrogens with one attached hydrogen (secondary N) is 2. The molecule has 0 atom stereocenters. The minimum Gasteiger partial charge on any atom is -0.385 e. The first-order valence-electron chi connectivity index (χ1n) is 9.86. The summed E-state index contributed by atoms with van der Waals surface area (Å²) >= 11 is 0. The van der Waals surface area contributed by atoms with Gasteiger partial charge in [0.05, 0.1) is 0 Å². The molecule has 1 amide bonds. The van der Waals surface area contributed by atoms with Crippen molar-refractivity contribution in [3.05, 3.63) is 46.8 Å². The van der Waals surface area contributed by atoms with Crippen molar-refractivity contribution in [1.82, 2.24) is 9.97 Å². The topological polar surface area (TPSA) is 76.1 Å². The summed E-state index contributed by atoms with van der Waals surface area (Å²) in [7, 11) is 1.67. The number of para-hydroxylation sites is 1. The standard InChI is InChI=1S/C22H32N4O2/c1-14(2)17-9-7-10-18(15(3)4)20(17)26-21(27)19-13-16(5)24-22(25-19)23-11-8-12-28-6/h7,9-10,13-15H,8,11-12H2,1-6H3,(H,26,27)(H,23,24,25). The van der Waals surface area contributed by atoms with Crippen molar-refractivity contribution in [2.24, 2.45) is 0 Å². The smallest absolute Gasteiger partial charge is 0.274 e. The number of methoxy groups -OCH3 is 1. The molecule has 0 fully saturated rings. The van der Waals surface area contributed by atoms with Gasteiger partial charge < -0.3 is 15.4 Å². The van der Waals surface area contributed by atoms with Crippen molar-refractivity contribution < 1.29 is 9.53 Å². The van der Waals surface area contributed by atoms with Crippen molar-refractivity contribution in [2.45, 2.75) is 52.9 Å². The molecule has 1 heterocycles. The van der Waals surface area contributed by atoms with Gasteiger partial charge in [-0.2, -0.15) is 0 Å². The van der Waals surface area contributed by atoms with Gasteiger partial charge in [-0.3, -0.25) is 4.79 Å². The van der Waals surface area contributed by atoms with Gasteiger partial charge in [0, 0.05) is 31.6 Å². The molecule has 0 radical (unpaired) electrons. The molecule has 0 saturated carbocycles. The summed E-state index contributed by atoms with van der Waals surface area (Å²) in [5.74, 6) is 0.848. The fourth-order valence-corrected chi connectivity index (χ4v) is 3.05. The molecule has 2 aromatic rings. The van der Waals surface area contributed by atoms with Gasteiger partial charge in [0.1, 0.15) is 5.69 Å². The summed E-state index contributed by atoms with van der Waals surface area (Å²) in [5.41, 5.74) is 4.25. The van der Waals surface area contributed by atoms with Crippen molar-refractivity contribution in [3.63, 3.8) is 0 Å². The molecule has 0 aliphatic heterocycles. The highest BCUT2D eigenvalue weighted by atomic mass is 16.5. The quantitative estimate of drug-likeness (QED) is 0.611. The summed E-state index contributed by atoms with van der Waals surface area (Å²) in [6.45, 7) is 11.7. The average Bonchev–Trinajstić information content (AvgIpc) is 2.64. The minimum absolute atomic E-state index is 0.222. The Labute approximate surface area is 168 Å². The number of amides is 1. The van der Waals surface area contributed by atoms with Crippen LogP contribution < -0.4 is 10.6 Å². The number of carbonyl (C=O) groups excluding carboxylic acids is 1. The van der Waals surface area contributed by atoms with Gasteiger partial charge in [0.25, 0.3) is 5.91 Å². The molecule has 2 rings (SSSR count). The maximum Gasteiger partial charge on any atom is 0.274 e. The Morgan fingerprint density at radius 2 is 1.75 bits per heavy atom. The lowest BCUT2D eigenvalue weighted by Gasteiger charge is -2.20. The number of rotatable bonds is 9. The molecule has 6 heteroatoms. The van der Waals surface area contributed by atoms with Crippen LogP contribution in [0.4, 0.5) is 11.6 Å². The highest BCUT2D eigenvalue weighted by Gasteiger charge is 2.18. The van der Waals surface area contributed by atoms with E-state index >= 15 is 0 Å². The fraction of sp³-hybridized carbons (Fsp3) is 0.500. The summed E-state index contributed by atoms with van der Waals surface area (Å²) < 4.78 is 5.05. The van der Waals surface area contributed by atoms with Crippen LogP contribution in [0.3, 0.4) is 0 Å². The molecule has 0 spiro atoms. The van der Waals surface area contributed by atoms with Crippen LogP contribution in [0.15, 0.2) is 24.3 Å². The molecule has 0 saturated heterocycles. The van der Waals surface area contributed by atoms with Gasteiger partial charge in [0.15, 0.2) is 0 Å². The summed E-state index contributed by atoms with van der Waals surface area (Å²) in [6, 6.07) is 7.90. The number of anilines is 2. The van der Waals surface area contributed by atoms with Gasteiger partial charge in [-0.1, -0.05) is 45.9 Å². The highest BCUT2D eigenvalue weighted by Crippen LogP contribution is 2.32. The third-order valence-corrected chi connectivity index (χ3v) is 4.51. The van der Waals surface area contributed by atoms with Crippen LogP contribution in [0, 0.1) is 6.92 Å². The average molecular weight is 385 g/mol. The third kappa shape index (κ3) is 5.76. The minimum atomic E-state index is -0.222. The Bertz CT molecular complexity index is 777. The molecule has 2 N–H and O–H groups in total. The van der Waals surface area contributed by atoms with Gasteiger partial charge in [-0.25, -0.2) is 9.97 Å². The third-order valence-electron chi connectivity index (χ3n) is 4.51. The monoisotopic (exact) mass is 384 g/mol. The van der Waals surface area contributed by atoms with Crippen LogP contribution in [-0.4, -0.2) is 36.1 Å². The van der Waals surface area contributed by atoms with E-state index in [0.29, 0.717) is 36.6 Å². The Balaban J connectivity index is 2.27. The van der Waals surface area contributed by atoms with Crippen LogP contribution in [0.5, 0.6) is 0 Å². The van der Waals surface area contributed by atoms with E-state index in [1.54, 1.807) is 13.2 Å². The second-order valence-electron chi connectivity index (χ2n) is 7.57. The lowest BCUT2D eigenvalue weighted by atomic mass is 9.92. The molecular weight excluding hydrogens is 352 g/mol. The second-order valence-corrected chi connectivity index (χ2v) is 7.57. The van der Waals surface area contributed by atoms with Crippen LogP contribution in [0.25, 0.3) is 0 Å². The van der Waals surface area contributed by atoms with E-state index in [0.717, 1.165) is 28.9 Å². The zero-order chi connectivity index (χ0) is 20.7. The highest BCUT2D eigenvalue weighted by molar-refractivity contribution is 6.04. The van der Waals surface area contributed by atoms with Crippen LogP contribution >= 0.6 is 0 Å². The Hall–Kier alpha value is -2.47. The molecule has 28 heavy (non-hydrogen) atoms. The normalized spacial score (nSPS) is 11.1. The number of benzene rings is 1. The zero-order valence-electron chi connectivity index (χ0n) is 17.8. The van der Waals surface area contributed by atoms with E-state index < -0.39 is 0 Å². The number of aryl methyl sites for hydroxylation is 1. The number of carbonyl (C=O) groups is 1. The number of hydrogen-bond acceptors (Lipinski definition) is 5. The molecule has 1 aromatic heterocycles. The maximum atomic E-state index is 13.0. The molecule has 0 aliphatic rings. The molecule has 6 nitrogen and oxygen atoms in total. The predicted molar refractivity (Wildman–Crippen MR) is 114 cm³/mol. The largest absolute Gasteiger partial charge is 0.385 e. The van der Waals surface area contributed by atoms with E-state index in [1.807, 2.05) is 6.92 Å². The van der Waals surface area contributed by atoms with E-state index in [4.69, 9.17) is 4.74 Å². The SMILES string of the molecule is COCCCNc1nc(C)cc(C(=O)Nc2c(C(C)C)cccc2C(C)C)n1. The van der Waals surface area contributed by atoms with Crippen molar-refractivity contribution in [2.75, 3.05) is 30.9 Å². The van der Waals surface area contributed by atoms with E-state index in [-0.39, 0.29) is 5.91 Å². The van der Waals surface area contributed by atoms with E-state index in [1.165, 1.54) is 0 Å². The van der Waals surface area contributed by atoms with Crippen molar-refractivity contribution in [1.29, 1.82) is 0 Å². The molecular formula is C22H32N4O2. The number of hydrogen-bond donors (Lipinski definition) is 2. The Morgan fingerprint density at radius 1 is 1.11 bits per heavy atom. The van der Waals surface area contributed by atoms with Crippen molar-refractivity contribution in [3.8, 4) is 0 Å². The summed E-state index contributed by atoms with van der Waals surface area (Å²) in [6.07, 6.45) is 0.842. The fourth-order valence-electron chi connectivity index (χ4n) is 3.05. The van der Waals surface area contributed by atoms with Crippen molar-refractivity contribution >= 4 is 17.5 Å². The molecule has 152 valence electrons. The lowest BCUT2D eigenvalue weighted by molar-refractivity contribution is 0.102. The van der Waals surface area contributed by atoms with Gasteiger partial charge in [-0.15, -0.1) is 0 Å². The van der Waals surface area contributed by atoms with Crippen LogP contribution in [-0.2, 0) is 4.74 Å². The van der Waals surface area contributed by atoms with Gasteiger partial charge >= 0.3 is 0 Å². The number of aromatic nitrogens is 2. The predicted octanol–water partition coefficient (Wildman–Crippen LogP) is 4.73. The molecule has 0 bridgehead atoms. The van der Waals surface area contributed by atoms with E-state index in [2.05, 4.69) is 66.5 Å². The Morgan fingerprint density at radius 3 is 2.32 bits per heavy atom. The summed E-state index contributed by atoms with van der Waals surface area (Å²) in [5, 5.41) is 6.27.